The topological polar surface area (TPSA) is 12.0 Å². The molecule has 0 unspecified atom stereocenters. The molecule has 0 spiro atoms. The highest BCUT2D eigenvalue weighted by molar-refractivity contribution is 5.05. The third-order valence-electron chi connectivity index (χ3n) is 3.15. The fourth-order valence-corrected chi connectivity index (χ4v) is 2.40. The van der Waals surface area contributed by atoms with Crippen LogP contribution in [0.15, 0.2) is 11.6 Å². The Bertz CT molecular complexity index is 194. The van der Waals surface area contributed by atoms with Crippen LogP contribution in [0.5, 0.6) is 0 Å². The molecule has 0 heterocycles. The molecule has 1 aliphatic carbocycles. The number of hydrogen-bond donors (Lipinski definition) is 1. The van der Waals surface area contributed by atoms with Gasteiger partial charge in [-0.3, -0.25) is 0 Å². The average molecular weight is 209 g/mol. The van der Waals surface area contributed by atoms with Gasteiger partial charge in [-0.15, -0.1) is 0 Å². The summed E-state index contributed by atoms with van der Waals surface area (Å²) in [7, 11) is 0. The first-order valence-electron chi connectivity index (χ1n) is 6.59. The minimum Gasteiger partial charge on any atom is -0.314 e. The van der Waals surface area contributed by atoms with Crippen LogP contribution < -0.4 is 5.32 Å². The molecule has 1 nitrogen and oxygen atoms in total. The zero-order valence-electron chi connectivity index (χ0n) is 10.7. The largest absolute Gasteiger partial charge is 0.314 e. The van der Waals surface area contributed by atoms with Crippen molar-refractivity contribution in [3.8, 4) is 0 Å². The van der Waals surface area contributed by atoms with Crippen LogP contribution in [0.1, 0.15) is 59.3 Å². The summed E-state index contributed by atoms with van der Waals surface area (Å²) in [6, 6.07) is 0.675. The van der Waals surface area contributed by atoms with Crippen molar-refractivity contribution in [1.29, 1.82) is 0 Å². The van der Waals surface area contributed by atoms with E-state index in [1.54, 1.807) is 5.57 Å². The van der Waals surface area contributed by atoms with Gasteiger partial charge in [-0.1, -0.05) is 25.5 Å². The number of rotatable bonds is 6. The Balaban J connectivity index is 2.07. The Kier molecular flexibility index (Phi) is 6.00. The fraction of sp³-hybridized carbons (Fsp3) is 0.857. The molecule has 0 saturated carbocycles. The molecule has 0 radical (unpaired) electrons. The first kappa shape index (κ1) is 12.8. The minimum atomic E-state index is 0.675. The van der Waals surface area contributed by atoms with E-state index in [1.165, 1.54) is 45.1 Å². The Hall–Kier alpha value is -0.300. The molecule has 0 aromatic heterocycles. The maximum absolute atomic E-state index is 3.62. The van der Waals surface area contributed by atoms with Crippen LogP contribution in [0.25, 0.3) is 0 Å². The molecule has 1 N–H and O–H groups in total. The van der Waals surface area contributed by atoms with Gasteiger partial charge in [-0.25, -0.2) is 0 Å². The molecular weight excluding hydrogens is 182 g/mol. The molecule has 88 valence electrons. The van der Waals surface area contributed by atoms with E-state index < -0.39 is 0 Å². The summed E-state index contributed by atoms with van der Waals surface area (Å²) in [5.74, 6) is 0.807. The molecule has 0 saturated heterocycles. The van der Waals surface area contributed by atoms with Crippen molar-refractivity contribution in [2.75, 3.05) is 6.54 Å². The van der Waals surface area contributed by atoms with Gasteiger partial charge in [0.25, 0.3) is 0 Å². The lowest BCUT2D eigenvalue weighted by atomic mass is 9.97. The molecule has 1 rings (SSSR count). The summed E-state index contributed by atoms with van der Waals surface area (Å²) >= 11 is 0. The monoisotopic (exact) mass is 209 g/mol. The highest BCUT2D eigenvalue weighted by Gasteiger charge is 2.06. The lowest BCUT2D eigenvalue weighted by molar-refractivity contribution is 0.442. The SMILES string of the molecule is CC(C)C[C@@H](C)NCCC1=CCCCC1. The van der Waals surface area contributed by atoms with Crippen LogP contribution in [-0.4, -0.2) is 12.6 Å². The Labute approximate surface area is 95.3 Å². The van der Waals surface area contributed by atoms with Crippen LogP contribution in [0.3, 0.4) is 0 Å². The normalized spacial score (nSPS) is 19.1. The second kappa shape index (κ2) is 7.05. The predicted octanol–water partition coefficient (Wildman–Crippen LogP) is 3.90. The van der Waals surface area contributed by atoms with E-state index in [-0.39, 0.29) is 0 Å². The van der Waals surface area contributed by atoms with Gasteiger partial charge in [0.1, 0.15) is 0 Å². The second-order valence-corrected chi connectivity index (χ2v) is 5.34. The zero-order valence-corrected chi connectivity index (χ0v) is 10.7. The molecule has 1 atom stereocenters. The Morgan fingerprint density at radius 1 is 1.27 bits per heavy atom. The quantitative estimate of drug-likeness (QED) is 0.654. The summed E-state index contributed by atoms with van der Waals surface area (Å²) in [5.41, 5.74) is 1.69. The minimum absolute atomic E-state index is 0.675. The molecule has 0 amide bonds. The van der Waals surface area contributed by atoms with Gasteiger partial charge in [0.2, 0.25) is 0 Å². The van der Waals surface area contributed by atoms with Crippen molar-refractivity contribution in [3.05, 3.63) is 11.6 Å². The summed E-state index contributed by atoms with van der Waals surface area (Å²) in [4.78, 5) is 0. The lowest BCUT2D eigenvalue weighted by Crippen LogP contribution is -2.28. The average Bonchev–Trinajstić information content (AvgIpc) is 2.18. The standard InChI is InChI=1S/C14H27N/c1-12(2)11-13(3)15-10-9-14-7-5-4-6-8-14/h7,12-13,15H,4-6,8-11H2,1-3H3/t13-/m1/s1. The van der Waals surface area contributed by atoms with E-state index in [4.69, 9.17) is 0 Å². The third-order valence-corrected chi connectivity index (χ3v) is 3.15. The Morgan fingerprint density at radius 3 is 2.67 bits per heavy atom. The summed E-state index contributed by atoms with van der Waals surface area (Å²) < 4.78 is 0. The highest BCUT2D eigenvalue weighted by atomic mass is 14.9. The number of nitrogens with one attached hydrogen (secondary N) is 1. The van der Waals surface area contributed by atoms with E-state index in [0.717, 1.165) is 5.92 Å². The Morgan fingerprint density at radius 2 is 2.07 bits per heavy atom. The van der Waals surface area contributed by atoms with Crippen LogP contribution in [-0.2, 0) is 0 Å². The van der Waals surface area contributed by atoms with Gasteiger partial charge in [0.05, 0.1) is 0 Å². The van der Waals surface area contributed by atoms with Gasteiger partial charge < -0.3 is 5.32 Å². The smallest absolute Gasteiger partial charge is 0.00412 e. The zero-order chi connectivity index (χ0) is 11.1. The lowest BCUT2D eigenvalue weighted by Gasteiger charge is -2.17. The van der Waals surface area contributed by atoms with E-state index >= 15 is 0 Å². The van der Waals surface area contributed by atoms with Crippen molar-refractivity contribution in [2.45, 2.75) is 65.3 Å². The van der Waals surface area contributed by atoms with Gasteiger partial charge in [-0.2, -0.15) is 0 Å². The maximum Gasteiger partial charge on any atom is 0.00412 e. The van der Waals surface area contributed by atoms with Crippen molar-refractivity contribution >= 4 is 0 Å². The molecule has 0 aliphatic heterocycles. The van der Waals surface area contributed by atoms with E-state index in [2.05, 4.69) is 32.2 Å². The molecule has 0 aromatic rings. The molecule has 0 bridgehead atoms. The summed E-state index contributed by atoms with van der Waals surface area (Å²) in [5, 5.41) is 3.62. The van der Waals surface area contributed by atoms with Gasteiger partial charge in [0.15, 0.2) is 0 Å². The number of allylic oxidation sites excluding steroid dienone is 1. The first-order chi connectivity index (χ1) is 7.18. The van der Waals surface area contributed by atoms with Crippen LogP contribution >= 0.6 is 0 Å². The van der Waals surface area contributed by atoms with Gasteiger partial charge >= 0.3 is 0 Å². The second-order valence-electron chi connectivity index (χ2n) is 5.34. The van der Waals surface area contributed by atoms with E-state index in [1.807, 2.05) is 0 Å². The predicted molar refractivity (Wildman–Crippen MR) is 68.1 cm³/mol. The third kappa shape index (κ3) is 5.99. The van der Waals surface area contributed by atoms with Crippen LogP contribution in [0.2, 0.25) is 0 Å². The maximum atomic E-state index is 3.62. The molecule has 0 aromatic carbocycles. The van der Waals surface area contributed by atoms with Crippen molar-refractivity contribution < 1.29 is 0 Å². The summed E-state index contributed by atoms with van der Waals surface area (Å²) in [6.07, 6.45) is 10.5. The summed E-state index contributed by atoms with van der Waals surface area (Å²) in [6.45, 7) is 8.05. The highest BCUT2D eigenvalue weighted by Crippen LogP contribution is 2.19. The van der Waals surface area contributed by atoms with Gasteiger partial charge in [0, 0.05) is 6.04 Å². The van der Waals surface area contributed by atoms with Crippen LogP contribution in [0, 0.1) is 5.92 Å². The molecule has 0 fully saturated rings. The number of hydrogen-bond acceptors (Lipinski definition) is 1. The van der Waals surface area contributed by atoms with Crippen molar-refractivity contribution in [2.24, 2.45) is 5.92 Å². The molecule has 1 aliphatic rings. The van der Waals surface area contributed by atoms with Crippen LogP contribution in [0.4, 0.5) is 0 Å². The molecular formula is C14H27N. The van der Waals surface area contributed by atoms with E-state index in [0.29, 0.717) is 6.04 Å². The van der Waals surface area contributed by atoms with Crippen molar-refractivity contribution in [1.82, 2.24) is 5.32 Å². The molecule has 15 heavy (non-hydrogen) atoms. The fourth-order valence-electron chi connectivity index (χ4n) is 2.40. The first-order valence-corrected chi connectivity index (χ1v) is 6.59. The van der Waals surface area contributed by atoms with Gasteiger partial charge in [-0.05, 0) is 57.9 Å². The molecule has 1 heteroatoms. The van der Waals surface area contributed by atoms with Crippen molar-refractivity contribution in [3.63, 3.8) is 0 Å². The van der Waals surface area contributed by atoms with E-state index in [9.17, 15) is 0 Å².